The van der Waals surface area contributed by atoms with Crippen molar-refractivity contribution in [3.05, 3.63) is 36.5 Å². The molecule has 0 radical (unpaired) electrons. The number of hydrogen-bond donors (Lipinski definition) is 6. The van der Waals surface area contributed by atoms with E-state index in [1.165, 1.54) is 57.8 Å². The van der Waals surface area contributed by atoms with Crippen molar-refractivity contribution in [1.29, 1.82) is 0 Å². The van der Waals surface area contributed by atoms with Crippen molar-refractivity contribution in [3.8, 4) is 0 Å². The topological polar surface area (TPSA) is 149 Å². The van der Waals surface area contributed by atoms with Crippen molar-refractivity contribution in [2.75, 3.05) is 13.2 Å². The molecule has 0 aromatic carbocycles. The summed E-state index contributed by atoms with van der Waals surface area (Å²) in [6.45, 7) is 3.64. The van der Waals surface area contributed by atoms with Gasteiger partial charge in [-0.15, -0.1) is 0 Å². The lowest BCUT2D eigenvalue weighted by atomic mass is 9.99. The molecule has 0 spiro atoms. The van der Waals surface area contributed by atoms with Crippen LogP contribution in [-0.2, 0) is 14.3 Å². The van der Waals surface area contributed by atoms with Gasteiger partial charge in [-0.1, -0.05) is 121 Å². The number of allylic oxidation sites excluding steroid dienone is 5. The first kappa shape index (κ1) is 41.4. The van der Waals surface area contributed by atoms with Gasteiger partial charge in [0.05, 0.1) is 25.4 Å². The van der Waals surface area contributed by atoms with E-state index < -0.39 is 49.5 Å². The summed E-state index contributed by atoms with van der Waals surface area (Å²) in [7, 11) is 0. The first-order valence-corrected chi connectivity index (χ1v) is 17.7. The van der Waals surface area contributed by atoms with Gasteiger partial charge in [-0.2, -0.15) is 0 Å². The van der Waals surface area contributed by atoms with Crippen molar-refractivity contribution >= 4 is 5.91 Å². The first-order valence-electron chi connectivity index (χ1n) is 17.7. The van der Waals surface area contributed by atoms with Gasteiger partial charge < -0.3 is 40.3 Å². The zero-order valence-corrected chi connectivity index (χ0v) is 28.1. The second-order valence-corrected chi connectivity index (χ2v) is 12.3. The van der Waals surface area contributed by atoms with Gasteiger partial charge in [0.15, 0.2) is 6.29 Å². The van der Waals surface area contributed by atoms with Crippen molar-refractivity contribution in [2.45, 2.75) is 172 Å². The zero-order chi connectivity index (χ0) is 33.1. The van der Waals surface area contributed by atoms with Crippen LogP contribution < -0.4 is 5.32 Å². The molecule has 1 saturated heterocycles. The molecular formula is C36H65NO8. The van der Waals surface area contributed by atoms with Crippen LogP contribution in [-0.4, -0.2) is 87.5 Å². The Morgan fingerprint density at radius 2 is 1.27 bits per heavy atom. The molecule has 9 heteroatoms. The maximum atomic E-state index is 12.8. The minimum Gasteiger partial charge on any atom is -0.394 e. The predicted molar refractivity (Wildman–Crippen MR) is 180 cm³/mol. The lowest BCUT2D eigenvalue weighted by molar-refractivity contribution is -0.302. The van der Waals surface area contributed by atoms with E-state index in [4.69, 9.17) is 9.47 Å². The molecule has 7 atom stereocenters. The van der Waals surface area contributed by atoms with Crippen LogP contribution >= 0.6 is 0 Å². The van der Waals surface area contributed by atoms with Crippen LogP contribution in [0.15, 0.2) is 36.5 Å². The molecule has 1 aliphatic rings. The Balaban J connectivity index is 2.56. The maximum absolute atomic E-state index is 12.8. The van der Waals surface area contributed by atoms with Crippen molar-refractivity contribution in [1.82, 2.24) is 5.32 Å². The minimum absolute atomic E-state index is 0.198. The second kappa shape index (κ2) is 27.5. The van der Waals surface area contributed by atoms with Crippen molar-refractivity contribution in [3.63, 3.8) is 0 Å². The Bertz CT molecular complexity index is 802. The molecule has 6 N–H and O–H groups in total. The maximum Gasteiger partial charge on any atom is 0.220 e. The number of aliphatic hydroxyl groups excluding tert-OH is 5. The van der Waals surface area contributed by atoms with E-state index in [0.717, 1.165) is 51.4 Å². The van der Waals surface area contributed by atoms with E-state index in [9.17, 15) is 30.3 Å². The van der Waals surface area contributed by atoms with Crippen LogP contribution in [0.4, 0.5) is 0 Å². The molecule has 0 saturated carbocycles. The number of aliphatic hydroxyl groups is 5. The Kier molecular flexibility index (Phi) is 25.3. The van der Waals surface area contributed by atoms with Gasteiger partial charge in [-0.25, -0.2) is 0 Å². The van der Waals surface area contributed by atoms with E-state index in [0.29, 0.717) is 6.42 Å². The molecule has 0 aromatic heterocycles. The highest BCUT2D eigenvalue weighted by Gasteiger charge is 2.44. The molecule has 1 heterocycles. The summed E-state index contributed by atoms with van der Waals surface area (Å²) in [5.41, 5.74) is 0. The highest BCUT2D eigenvalue weighted by Crippen LogP contribution is 2.22. The molecule has 0 bridgehead atoms. The predicted octanol–water partition coefficient (Wildman–Crippen LogP) is 5.38. The van der Waals surface area contributed by atoms with Gasteiger partial charge in [0.2, 0.25) is 5.91 Å². The van der Waals surface area contributed by atoms with E-state index >= 15 is 0 Å². The van der Waals surface area contributed by atoms with Crippen LogP contribution in [0.3, 0.4) is 0 Å². The Morgan fingerprint density at radius 1 is 0.733 bits per heavy atom. The average molecular weight is 640 g/mol. The number of rotatable bonds is 27. The molecule has 9 nitrogen and oxygen atoms in total. The average Bonchev–Trinajstić information content (AvgIpc) is 3.04. The number of amides is 1. The fourth-order valence-corrected chi connectivity index (χ4v) is 5.23. The second-order valence-electron chi connectivity index (χ2n) is 12.3. The summed E-state index contributed by atoms with van der Waals surface area (Å²) < 4.78 is 11.1. The number of nitrogens with one attached hydrogen (secondary N) is 1. The van der Waals surface area contributed by atoms with Crippen LogP contribution in [0.25, 0.3) is 0 Å². The van der Waals surface area contributed by atoms with Crippen molar-refractivity contribution in [2.24, 2.45) is 0 Å². The number of ether oxygens (including phenoxy) is 2. The highest BCUT2D eigenvalue weighted by atomic mass is 16.7. The van der Waals surface area contributed by atoms with Gasteiger partial charge in [0, 0.05) is 6.42 Å². The van der Waals surface area contributed by atoms with E-state index in [1.54, 1.807) is 6.08 Å². The lowest BCUT2D eigenvalue weighted by Gasteiger charge is -2.40. The minimum atomic E-state index is -1.57. The third-order valence-electron chi connectivity index (χ3n) is 8.20. The van der Waals surface area contributed by atoms with Gasteiger partial charge >= 0.3 is 0 Å². The standard InChI is InChI=1S/C36H65NO8/c1-3-5-7-9-11-13-15-16-17-19-21-23-25-30(39)29(28-44-36-35(43)34(42)33(41)31(27-38)45-36)37-32(40)26-24-22-20-18-14-12-10-8-6-4-2/h9,11,16-17,23,25,29-31,33-36,38-39,41-43H,3-8,10,12-15,18-22,24,26-28H2,1-2H3,(H,37,40)/b11-9+,17-16+,25-23+. The number of hydrogen-bond acceptors (Lipinski definition) is 8. The number of carbonyl (C=O) groups is 1. The molecule has 45 heavy (non-hydrogen) atoms. The van der Waals surface area contributed by atoms with Gasteiger partial charge in [0.25, 0.3) is 0 Å². The molecule has 0 aliphatic carbocycles. The smallest absolute Gasteiger partial charge is 0.220 e. The summed E-state index contributed by atoms with van der Waals surface area (Å²) >= 11 is 0. The van der Waals surface area contributed by atoms with Crippen LogP contribution in [0.2, 0.25) is 0 Å². The van der Waals surface area contributed by atoms with Gasteiger partial charge in [-0.05, 0) is 38.5 Å². The highest BCUT2D eigenvalue weighted by molar-refractivity contribution is 5.76. The zero-order valence-electron chi connectivity index (χ0n) is 28.1. The van der Waals surface area contributed by atoms with Crippen LogP contribution in [0.5, 0.6) is 0 Å². The monoisotopic (exact) mass is 639 g/mol. The molecule has 262 valence electrons. The molecule has 7 unspecified atom stereocenters. The summed E-state index contributed by atoms with van der Waals surface area (Å²) in [6.07, 6.45) is 23.4. The largest absolute Gasteiger partial charge is 0.394 e. The van der Waals surface area contributed by atoms with Gasteiger partial charge in [-0.3, -0.25) is 4.79 Å². The Morgan fingerprint density at radius 3 is 1.84 bits per heavy atom. The fraction of sp³-hybridized carbons (Fsp3) is 0.806. The van der Waals surface area contributed by atoms with E-state index in [2.05, 4.69) is 43.5 Å². The quantitative estimate of drug-likeness (QED) is 0.0519. The molecule has 0 aromatic rings. The third kappa shape index (κ3) is 19.6. The molecule has 1 aliphatic heterocycles. The van der Waals surface area contributed by atoms with E-state index in [1.807, 2.05) is 6.08 Å². The Labute approximate surface area is 272 Å². The molecular weight excluding hydrogens is 574 g/mol. The summed E-state index contributed by atoms with van der Waals surface area (Å²) in [6, 6.07) is -0.820. The SMILES string of the molecule is CCCC/C=C/CC/C=C/CC/C=C/C(O)C(COC1OC(CO)C(O)C(O)C1O)NC(=O)CCCCCCCCCCCC. The third-order valence-corrected chi connectivity index (χ3v) is 8.20. The fourth-order valence-electron chi connectivity index (χ4n) is 5.23. The first-order chi connectivity index (χ1) is 21.8. The molecule has 1 rings (SSSR count). The van der Waals surface area contributed by atoms with Crippen molar-refractivity contribution < 1.29 is 39.8 Å². The molecule has 1 fully saturated rings. The van der Waals surface area contributed by atoms with E-state index in [-0.39, 0.29) is 12.5 Å². The summed E-state index contributed by atoms with van der Waals surface area (Å²) in [5, 5.41) is 53.7. The lowest BCUT2D eigenvalue weighted by Crippen LogP contribution is -2.60. The normalized spacial score (nSPS) is 23.8. The number of unbranched alkanes of at least 4 members (excludes halogenated alkanes) is 13. The van der Waals surface area contributed by atoms with Crippen LogP contribution in [0.1, 0.15) is 129 Å². The number of carbonyl (C=O) groups excluding carboxylic acids is 1. The summed E-state index contributed by atoms with van der Waals surface area (Å²) in [5.74, 6) is -0.198. The van der Waals surface area contributed by atoms with Gasteiger partial charge in [0.1, 0.15) is 24.4 Å². The molecule has 1 amide bonds. The summed E-state index contributed by atoms with van der Waals surface area (Å²) in [4.78, 5) is 12.8. The Hall–Kier alpha value is -1.59. The van der Waals surface area contributed by atoms with Crippen LogP contribution in [0, 0.1) is 0 Å².